The Morgan fingerprint density at radius 3 is 1.73 bits per heavy atom. The van der Waals surface area contributed by atoms with Gasteiger partial charge in [-0.1, -0.05) is 120 Å². The second-order valence-corrected chi connectivity index (χ2v) is 11.0. The summed E-state index contributed by atoms with van der Waals surface area (Å²) in [6, 6.07) is 35.1. The maximum atomic E-state index is 8.74. The molecule has 1 heterocycles. The first-order valence-electron chi connectivity index (χ1n) is 14.7. The molecule has 0 aromatic heterocycles. The Bertz CT molecular complexity index is 1510. The Morgan fingerprint density at radius 1 is 0.689 bits per heavy atom. The van der Waals surface area contributed by atoms with Gasteiger partial charge in [-0.3, -0.25) is 0 Å². The standard InChI is InChI=1S/C35H36ClN3O6/c1-40-35-34(44-23-27-15-9-4-10-16-27)33(43-22-26-13-7-3-8-14-26)32(42-21-25-11-5-2-6-12-25)31(45-35)24-41-20-28-17-18-30(38-39-37)29(36)19-28/h2-19,31-35H,20-24H2,1H3/t31-,32-,33+,34-,35?/m1/s1. The highest BCUT2D eigenvalue weighted by molar-refractivity contribution is 6.33. The Morgan fingerprint density at radius 2 is 1.22 bits per heavy atom. The lowest BCUT2D eigenvalue weighted by Crippen LogP contribution is -2.61. The summed E-state index contributed by atoms with van der Waals surface area (Å²) in [6.07, 6.45) is -2.99. The van der Waals surface area contributed by atoms with Gasteiger partial charge in [0.05, 0.1) is 43.7 Å². The number of rotatable bonds is 15. The topological polar surface area (TPSA) is 104 Å². The van der Waals surface area contributed by atoms with Crippen LogP contribution < -0.4 is 0 Å². The van der Waals surface area contributed by atoms with Crippen molar-refractivity contribution in [3.63, 3.8) is 0 Å². The lowest BCUT2D eigenvalue weighted by molar-refractivity contribution is -0.323. The zero-order valence-electron chi connectivity index (χ0n) is 25.0. The van der Waals surface area contributed by atoms with Gasteiger partial charge in [0, 0.05) is 12.0 Å². The fourth-order valence-electron chi connectivity index (χ4n) is 5.13. The second kappa shape index (κ2) is 17.1. The molecule has 1 unspecified atom stereocenters. The molecule has 0 N–H and O–H groups in total. The van der Waals surface area contributed by atoms with Crippen LogP contribution >= 0.6 is 11.6 Å². The van der Waals surface area contributed by atoms with E-state index in [0.29, 0.717) is 30.5 Å². The number of hydrogen-bond acceptors (Lipinski definition) is 7. The van der Waals surface area contributed by atoms with Gasteiger partial charge < -0.3 is 28.4 Å². The number of azide groups is 1. The molecule has 0 bridgehead atoms. The van der Waals surface area contributed by atoms with Crippen molar-refractivity contribution in [1.82, 2.24) is 0 Å². The predicted molar refractivity (Wildman–Crippen MR) is 171 cm³/mol. The van der Waals surface area contributed by atoms with Gasteiger partial charge in [-0.05, 0) is 33.9 Å². The highest BCUT2D eigenvalue weighted by atomic mass is 35.5. The third kappa shape index (κ3) is 9.37. The molecule has 10 heteroatoms. The van der Waals surface area contributed by atoms with Gasteiger partial charge in [-0.15, -0.1) is 0 Å². The lowest BCUT2D eigenvalue weighted by Gasteiger charge is -2.45. The highest BCUT2D eigenvalue weighted by Gasteiger charge is 2.48. The Kier molecular flexibility index (Phi) is 12.4. The minimum atomic E-state index is -0.739. The molecule has 4 aromatic carbocycles. The summed E-state index contributed by atoms with van der Waals surface area (Å²) in [5.41, 5.74) is 13.0. The van der Waals surface area contributed by atoms with Gasteiger partial charge in [-0.2, -0.15) is 0 Å². The Balaban J connectivity index is 1.38. The van der Waals surface area contributed by atoms with E-state index in [9.17, 15) is 0 Å². The van der Waals surface area contributed by atoms with Crippen molar-refractivity contribution in [3.8, 4) is 0 Å². The molecule has 1 saturated heterocycles. The van der Waals surface area contributed by atoms with E-state index in [0.717, 1.165) is 22.3 Å². The zero-order valence-corrected chi connectivity index (χ0v) is 25.7. The largest absolute Gasteiger partial charge is 0.374 e. The molecule has 0 aliphatic carbocycles. The van der Waals surface area contributed by atoms with E-state index in [1.54, 1.807) is 25.3 Å². The monoisotopic (exact) mass is 629 g/mol. The summed E-state index contributed by atoms with van der Waals surface area (Å²) < 4.78 is 38.2. The van der Waals surface area contributed by atoms with Gasteiger partial charge in [0.15, 0.2) is 6.29 Å². The van der Waals surface area contributed by atoms with Crippen molar-refractivity contribution in [3.05, 3.63) is 147 Å². The number of hydrogen-bond donors (Lipinski definition) is 0. The molecule has 1 aliphatic rings. The van der Waals surface area contributed by atoms with E-state index >= 15 is 0 Å². The summed E-state index contributed by atoms with van der Waals surface area (Å²) >= 11 is 6.28. The normalized spacial score (nSPS) is 21.2. The quantitative estimate of drug-likeness (QED) is 0.0751. The number of nitrogens with zero attached hydrogens (tertiary/aromatic N) is 3. The molecular formula is C35H36ClN3O6. The molecule has 5 rings (SSSR count). The molecule has 0 spiro atoms. The van der Waals surface area contributed by atoms with Crippen LogP contribution in [-0.4, -0.2) is 44.4 Å². The molecular weight excluding hydrogens is 594 g/mol. The van der Waals surface area contributed by atoms with E-state index in [-0.39, 0.29) is 13.2 Å². The SMILES string of the molecule is COC1O[C@H](COCc2ccc(N=[N+]=[N-])c(Cl)c2)[C@@H](OCc2ccccc2)[C@H](OCc2ccccc2)[C@H]1OCc1ccccc1. The molecule has 5 atom stereocenters. The molecule has 9 nitrogen and oxygen atoms in total. The van der Waals surface area contributed by atoms with Crippen molar-refractivity contribution in [2.24, 2.45) is 5.11 Å². The first kappa shape index (κ1) is 32.6. The molecule has 0 amide bonds. The van der Waals surface area contributed by atoms with E-state index in [1.807, 2.05) is 91.0 Å². The Hall–Kier alpha value is -3.76. The summed E-state index contributed by atoms with van der Waals surface area (Å²) in [7, 11) is 1.59. The maximum absolute atomic E-state index is 8.74. The number of benzene rings is 4. The lowest BCUT2D eigenvalue weighted by atomic mass is 9.97. The first-order valence-corrected chi connectivity index (χ1v) is 15.1. The average molecular weight is 630 g/mol. The van der Waals surface area contributed by atoms with E-state index in [2.05, 4.69) is 10.0 Å². The van der Waals surface area contributed by atoms with Crippen LogP contribution in [0.2, 0.25) is 5.02 Å². The maximum Gasteiger partial charge on any atom is 0.186 e. The predicted octanol–water partition coefficient (Wildman–Crippen LogP) is 7.93. The van der Waals surface area contributed by atoms with Crippen molar-refractivity contribution in [2.45, 2.75) is 57.1 Å². The van der Waals surface area contributed by atoms with E-state index < -0.39 is 30.7 Å². The summed E-state index contributed by atoms with van der Waals surface area (Å²) in [5.74, 6) is 0. The van der Waals surface area contributed by atoms with Crippen molar-refractivity contribution < 1.29 is 28.4 Å². The minimum Gasteiger partial charge on any atom is -0.374 e. The number of halogens is 1. The fraction of sp³-hybridized carbons (Fsp3) is 0.314. The van der Waals surface area contributed by atoms with Gasteiger partial charge in [0.1, 0.15) is 24.4 Å². The highest BCUT2D eigenvalue weighted by Crippen LogP contribution is 2.32. The van der Waals surface area contributed by atoms with Crippen LogP contribution in [0.5, 0.6) is 0 Å². The van der Waals surface area contributed by atoms with Crippen LogP contribution in [0.3, 0.4) is 0 Å². The molecule has 45 heavy (non-hydrogen) atoms. The van der Waals surface area contributed by atoms with Crippen molar-refractivity contribution >= 4 is 17.3 Å². The van der Waals surface area contributed by atoms with Crippen molar-refractivity contribution in [2.75, 3.05) is 13.7 Å². The number of ether oxygens (including phenoxy) is 6. The van der Waals surface area contributed by atoms with Gasteiger partial charge in [0.25, 0.3) is 0 Å². The smallest absolute Gasteiger partial charge is 0.186 e. The third-order valence-electron chi connectivity index (χ3n) is 7.39. The van der Waals surface area contributed by atoms with Gasteiger partial charge >= 0.3 is 0 Å². The average Bonchev–Trinajstić information content (AvgIpc) is 3.08. The third-order valence-corrected chi connectivity index (χ3v) is 7.70. The molecule has 4 aromatic rings. The molecule has 0 radical (unpaired) electrons. The van der Waals surface area contributed by atoms with Crippen LogP contribution in [0.15, 0.2) is 114 Å². The number of methoxy groups -OCH3 is 1. The van der Waals surface area contributed by atoms with Crippen molar-refractivity contribution in [1.29, 1.82) is 0 Å². The van der Waals surface area contributed by atoms with E-state index in [1.165, 1.54) is 0 Å². The summed E-state index contributed by atoms with van der Waals surface area (Å²) in [5, 5.41) is 3.94. The molecule has 0 saturated carbocycles. The van der Waals surface area contributed by atoms with Crippen LogP contribution in [0.1, 0.15) is 22.3 Å². The minimum absolute atomic E-state index is 0.186. The van der Waals surface area contributed by atoms with Crippen LogP contribution in [0.4, 0.5) is 5.69 Å². The molecule has 1 aliphatic heterocycles. The van der Waals surface area contributed by atoms with Gasteiger partial charge in [0.2, 0.25) is 0 Å². The molecule has 1 fully saturated rings. The van der Waals surface area contributed by atoms with Crippen LogP contribution in [0.25, 0.3) is 10.4 Å². The second-order valence-electron chi connectivity index (χ2n) is 10.6. The zero-order chi connectivity index (χ0) is 31.3. The van der Waals surface area contributed by atoms with Crippen LogP contribution in [-0.2, 0) is 54.8 Å². The van der Waals surface area contributed by atoms with Gasteiger partial charge in [-0.25, -0.2) is 0 Å². The first-order chi connectivity index (χ1) is 22.1. The van der Waals surface area contributed by atoms with E-state index in [4.69, 9.17) is 45.6 Å². The summed E-state index contributed by atoms with van der Waals surface area (Å²) in [4.78, 5) is 2.81. The Labute approximate surface area is 268 Å². The fourth-order valence-corrected chi connectivity index (χ4v) is 5.37. The molecule has 234 valence electrons. The van der Waals surface area contributed by atoms with Crippen LogP contribution in [0, 0.1) is 0 Å². The summed E-state index contributed by atoms with van der Waals surface area (Å²) in [6.45, 7) is 1.48.